The van der Waals surface area contributed by atoms with E-state index in [0.717, 1.165) is 0 Å². The molecule has 8 nitrogen and oxygen atoms in total. The van der Waals surface area contributed by atoms with E-state index >= 15 is 0 Å². The van der Waals surface area contributed by atoms with Crippen LogP contribution in [0.3, 0.4) is 0 Å². The molecule has 2 atom stereocenters. The van der Waals surface area contributed by atoms with Gasteiger partial charge in [0.05, 0.1) is 30.3 Å². The van der Waals surface area contributed by atoms with Crippen LogP contribution in [0.1, 0.15) is 20.8 Å². The molecular weight excluding hydrogens is 394 g/mol. The first kappa shape index (κ1) is 22.0. The van der Waals surface area contributed by atoms with Gasteiger partial charge in [0.2, 0.25) is 15.9 Å². The second-order valence-electron chi connectivity index (χ2n) is 7.64. The summed E-state index contributed by atoms with van der Waals surface area (Å²) in [7, 11) is -3.54. The van der Waals surface area contributed by atoms with Gasteiger partial charge in [-0.1, -0.05) is 0 Å². The Kier molecular flexibility index (Phi) is 7.15. The maximum Gasteiger partial charge on any atom is 0.243 e. The van der Waals surface area contributed by atoms with Gasteiger partial charge in [-0.05, 0) is 45.0 Å². The second-order valence-corrected chi connectivity index (χ2v) is 9.58. The monoisotopic (exact) mass is 425 g/mol. The Morgan fingerprint density at radius 1 is 1.07 bits per heavy atom. The number of ether oxygens (including phenoxy) is 2. The first-order chi connectivity index (χ1) is 13.8. The Morgan fingerprint density at radius 3 is 2.21 bits per heavy atom. The van der Waals surface area contributed by atoms with E-state index in [-0.39, 0.29) is 23.0 Å². The minimum Gasteiger partial charge on any atom is -0.494 e. The molecule has 2 saturated heterocycles. The number of amides is 1. The zero-order chi connectivity index (χ0) is 21.0. The molecule has 2 aliphatic heterocycles. The van der Waals surface area contributed by atoms with Crippen molar-refractivity contribution in [1.29, 1.82) is 0 Å². The van der Waals surface area contributed by atoms with Gasteiger partial charge in [-0.25, -0.2) is 8.42 Å². The van der Waals surface area contributed by atoms with Gasteiger partial charge in [-0.2, -0.15) is 4.31 Å². The fourth-order valence-electron chi connectivity index (χ4n) is 3.82. The lowest BCUT2D eigenvalue weighted by Crippen LogP contribution is -2.54. The van der Waals surface area contributed by atoms with Crippen LogP contribution in [0.5, 0.6) is 5.75 Å². The van der Waals surface area contributed by atoms with Gasteiger partial charge in [0, 0.05) is 39.3 Å². The predicted molar refractivity (Wildman–Crippen MR) is 109 cm³/mol. The van der Waals surface area contributed by atoms with Crippen molar-refractivity contribution in [2.45, 2.75) is 37.9 Å². The molecular formula is C20H31N3O5S. The highest BCUT2D eigenvalue weighted by molar-refractivity contribution is 7.89. The van der Waals surface area contributed by atoms with Crippen LogP contribution in [0.15, 0.2) is 29.2 Å². The summed E-state index contributed by atoms with van der Waals surface area (Å²) in [5.41, 5.74) is 0. The number of hydrogen-bond acceptors (Lipinski definition) is 6. The van der Waals surface area contributed by atoms with Crippen LogP contribution in [0, 0.1) is 0 Å². The summed E-state index contributed by atoms with van der Waals surface area (Å²) in [5, 5.41) is 0. The van der Waals surface area contributed by atoms with Gasteiger partial charge in [-0.3, -0.25) is 9.69 Å². The highest BCUT2D eigenvalue weighted by Crippen LogP contribution is 2.21. The topological polar surface area (TPSA) is 79.4 Å². The molecule has 0 unspecified atom stereocenters. The van der Waals surface area contributed by atoms with Gasteiger partial charge in [0.25, 0.3) is 0 Å². The van der Waals surface area contributed by atoms with Crippen LogP contribution in [0.2, 0.25) is 0 Å². The van der Waals surface area contributed by atoms with E-state index in [1.807, 2.05) is 30.6 Å². The molecule has 2 aliphatic rings. The Balaban J connectivity index is 1.53. The lowest BCUT2D eigenvalue weighted by molar-refractivity contribution is -0.144. The van der Waals surface area contributed by atoms with Crippen LogP contribution in [-0.2, 0) is 19.6 Å². The molecule has 0 radical (unpaired) electrons. The zero-order valence-electron chi connectivity index (χ0n) is 17.4. The van der Waals surface area contributed by atoms with Crippen molar-refractivity contribution < 1.29 is 22.7 Å². The number of nitrogens with zero attached hydrogens (tertiary/aromatic N) is 3. The number of morpholine rings is 1. The van der Waals surface area contributed by atoms with Gasteiger partial charge < -0.3 is 14.4 Å². The fraction of sp³-hybridized carbons (Fsp3) is 0.650. The number of piperazine rings is 1. The average Bonchev–Trinajstić information content (AvgIpc) is 2.68. The first-order valence-electron chi connectivity index (χ1n) is 10.2. The van der Waals surface area contributed by atoms with Crippen LogP contribution in [0.4, 0.5) is 0 Å². The number of hydrogen-bond donors (Lipinski definition) is 0. The van der Waals surface area contributed by atoms with E-state index in [9.17, 15) is 13.2 Å². The summed E-state index contributed by atoms with van der Waals surface area (Å²) in [4.78, 5) is 16.8. The van der Waals surface area contributed by atoms with Crippen molar-refractivity contribution >= 4 is 15.9 Å². The normalized spacial score (nSPS) is 24.4. The maximum atomic E-state index is 12.9. The Hall–Kier alpha value is -1.68. The number of rotatable bonds is 6. The van der Waals surface area contributed by atoms with Crippen molar-refractivity contribution in [2.24, 2.45) is 0 Å². The molecule has 0 saturated carbocycles. The standard InChI is InChI=1S/C20H31N3O5S/c1-4-27-18-5-7-19(8-6-18)29(25,26)23-11-9-21(10-12-23)15-20(24)22-13-16(2)28-17(3)14-22/h5-8,16-17H,4,9-15H2,1-3H3/t16-,17-/m0/s1. The summed E-state index contributed by atoms with van der Waals surface area (Å²) in [6, 6.07) is 6.51. The smallest absolute Gasteiger partial charge is 0.243 e. The molecule has 2 heterocycles. The van der Waals surface area contributed by atoms with E-state index in [4.69, 9.17) is 9.47 Å². The number of carbonyl (C=O) groups is 1. The van der Waals surface area contributed by atoms with Gasteiger partial charge in [0.1, 0.15) is 5.75 Å². The van der Waals surface area contributed by atoms with E-state index in [0.29, 0.717) is 58.2 Å². The molecule has 0 bridgehead atoms. The van der Waals surface area contributed by atoms with Crippen LogP contribution >= 0.6 is 0 Å². The minimum absolute atomic E-state index is 0.0406. The van der Waals surface area contributed by atoms with E-state index in [1.54, 1.807) is 24.3 Å². The Morgan fingerprint density at radius 2 is 1.66 bits per heavy atom. The van der Waals surface area contributed by atoms with E-state index in [2.05, 4.69) is 0 Å². The van der Waals surface area contributed by atoms with Gasteiger partial charge in [-0.15, -0.1) is 0 Å². The molecule has 1 aromatic carbocycles. The van der Waals surface area contributed by atoms with Gasteiger partial charge >= 0.3 is 0 Å². The molecule has 2 fully saturated rings. The average molecular weight is 426 g/mol. The Bertz CT molecular complexity index is 781. The van der Waals surface area contributed by atoms with E-state index < -0.39 is 10.0 Å². The molecule has 0 spiro atoms. The Labute approximate surface area is 173 Å². The molecule has 9 heteroatoms. The molecule has 29 heavy (non-hydrogen) atoms. The first-order valence-corrected chi connectivity index (χ1v) is 11.6. The number of carbonyl (C=O) groups excluding carboxylic acids is 1. The van der Waals surface area contributed by atoms with Crippen LogP contribution in [-0.4, -0.2) is 93.1 Å². The van der Waals surface area contributed by atoms with Crippen molar-refractivity contribution in [1.82, 2.24) is 14.1 Å². The number of benzene rings is 1. The highest BCUT2D eigenvalue weighted by atomic mass is 32.2. The lowest BCUT2D eigenvalue weighted by Gasteiger charge is -2.38. The molecule has 3 rings (SSSR count). The summed E-state index contributed by atoms with van der Waals surface area (Å²) in [6.07, 6.45) is 0.0811. The SMILES string of the molecule is CCOc1ccc(S(=O)(=O)N2CCN(CC(=O)N3C[C@H](C)O[C@@H](C)C3)CC2)cc1. The highest BCUT2D eigenvalue weighted by Gasteiger charge is 2.31. The lowest BCUT2D eigenvalue weighted by atomic mass is 10.2. The predicted octanol–water partition coefficient (Wildman–Crippen LogP) is 1.03. The summed E-state index contributed by atoms with van der Waals surface area (Å²) >= 11 is 0. The van der Waals surface area contributed by atoms with Gasteiger partial charge in [0.15, 0.2) is 0 Å². The van der Waals surface area contributed by atoms with Crippen molar-refractivity contribution in [2.75, 3.05) is 52.4 Å². The van der Waals surface area contributed by atoms with Crippen molar-refractivity contribution in [3.8, 4) is 5.75 Å². The zero-order valence-corrected chi connectivity index (χ0v) is 18.2. The van der Waals surface area contributed by atoms with Crippen LogP contribution < -0.4 is 4.74 Å². The largest absolute Gasteiger partial charge is 0.494 e. The third kappa shape index (κ3) is 5.48. The summed E-state index contributed by atoms with van der Waals surface area (Å²) in [5.74, 6) is 0.733. The van der Waals surface area contributed by atoms with Crippen molar-refractivity contribution in [3.63, 3.8) is 0 Å². The fourth-order valence-corrected chi connectivity index (χ4v) is 5.25. The van der Waals surface area contributed by atoms with E-state index in [1.165, 1.54) is 4.31 Å². The molecule has 0 aromatic heterocycles. The summed E-state index contributed by atoms with van der Waals surface area (Å²) in [6.45, 7) is 9.72. The second kappa shape index (κ2) is 9.42. The third-order valence-corrected chi connectivity index (χ3v) is 7.15. The molecule has 1 amide bonds. The maximum absolute atomic E-state index is 12.9. The minimum atomic E-state index is -3.54. The van der Waals surface area contributed by atoms with Crippen molar-refractivity contribution in [3.05, 3.63) is 24.3 Å². The number of sulfonamides is 1. The summed E-state index contributed by atoms with van der Waals surface area (Å²) < 4.78 is 38.3. The molecule has 0 N–H and O–H groups in total. The third-order valence-electron chi connectivity index (χ3n) is 5.23. The van der Waals surface area contributed by atoms with Crippen LogP contribution in [0.25, 0.3) is 0 Å². The molecule has 162 valence electrons. The molecule has 1 aromatic rings. The quantitative estimate of drug-likeness (QED) is 0.677. The molecule has 0 aliphatic carbocycles.